The number of esters is 1. The van der Waals surface area contributed by atoms with Gasteiger partial charge < -0.3 is 28.8 Å². The molecule has 0 spiro atoms. The molecule has 0 fully saturated rings. The quantitative estimate of drug-likeness (QED) is 0.448. The average molecular weight is 469 g/mol. The Balaban J connectivity index is 1.59. The van der Waals surface area contributed by atoms with Crippen molar-refractivity contribution in [2.45, 2.75) is 40.0 Å². The van der Waals surface area contributed by atoms with Crippen LogP contribution in [0.25, 0.3) is 0 Å². The molecule has 1 aromatic heterocycles. The number of carbonyl (C=O) groups excluding carboxylic acids is 2. The van der Waals surface area contributed by atoms with E-state index >= 15 is 0 Å². The fraction of sp³-hybridized carbons (Fsp3) is 0.320. The molecule has 0 aliphatic heterocycles. The lowest BCUT2D eigenvalue weighted by Crippen LogP contribution is -2.35. The van der Waals surface area contributed by atoms with Crippen LogP contribution >= 0.6 is 0 Å². The molecule has 1 N–H and O–H groups in total. The predicted molar refractivity (Wildman–Crippen MR) is 123 cm³/mol. The van der Waals surface area contributed by atoms with E-state index < -0.39 is 18.0 Å². The second-order valence-corrected chi connectivity index (χ2v) is 7.54. The molecule has 1 amide bonds. The molecule has 180 valence electrons. The molecular weight excluding hydrogens is 440 g/mol. The Kier molecular flexibility index (Phi) is 8.13. The lowest BCUT2D eigenvalue weighted by molar-refractivity contribution is -0.129. The van der Waals surface area contributed by atoms with Crippen LogP contribution in [0.15, 0.2) is 47.0 Å². The van der Waals surface area contributed by atoms with Gasteiger partial charge in [0.2, 0.25) is 0 Å². The molecule has 1 heterocycles. The third kappa shape index (κ3) is 5.86. The summed E-state index contributed by atoms with van der Waals surface area (Å²) >= 11 is 0. The predicted octanol–water partition coefficient (Wildman–Crippen LogP) is 3.75. The molecule has 9 nitrogen and oxygen atoms in total. The molecule has 1 unspecified atom stereocenters. The van der Waals surface area contributed by atoms with E-state index in [0.29, 0.717) is 23.0 Å². The summed E-state index contributed by atoms with van der Waals surface area (Å²) in [5, 5.41) is 6.65. The van der Waals surface area contributed by atoms with Gasteiger partial charge in [-0.3, -0.25) is 4.79 Å². The number of hydrogen-bond donors (Lipinski definition) is 1. The number of nitrogens with zero attached hydrogens (tertiary/aromatic N) is 1. The Morgan fingerprint density at radius 3 is 2.44 bits per heavy atom. The Morgan fingerprint density at radius 2 is 1.76 bits per heavy atom. The van der Waals surface area contributed by atoms with Crippen molar-refractivity contribution in [1.82, 2.24) is 10.5 Å². The van der Waals surface area contributed by atoms with Crippen LogP contribution in [0.2, 0.25) is 0 Å². The van der Waals surface area contributed by atoms with Crippen molar-refractivity contribution < 1.29 is 33.1 Å². The number of carbonyl (C=O) groups is 2. The summed E-state index contributed by atoms with van der Waals surface area (Å²) in [6.07, 6.45) is -1.01. The van der Waals surface area contributed by atoms with Gasteiger partial charge in [-0.15, -0.1) is 0 Å². The first-order valence-corrected chi connectivity index (χ1v) is 10.7. The Labute approximate surface area is 197 Å². The average Bonchev–Trinajstić information content (AvgIpc) is 3.17. The van der Waals surface area contributed by atoms with Crippen molar-refractivity contribution in [3.63, 3.8) is 0 Å². The fourth-order valence-electron chi connectivity index (χ4n) is 3.22. The van der Waals surface area contributed by atoms with Crippen LogP contribution in [0.5, 0.6) is 17.2 Å². The lowest BCUT2D eigenvalue weighted by atomic mass is 10.2. The van der Waals surface area contributed by atoms with Crippen molar-refractivity contribution >= 4 is 11.9 Å². The molecule has 0 saturated carbocycles. The molecule has 0 saturated heterocycles. The fourth-order valence-corrected chi connectivity index (χ4v) is 3.22. The first-order chi connectivity index (χ1) is 16.3. The van der Waals surface area contributed by atoms with Crippen molar-refractivity contribution in [3.8, 4) is 17.2 Å². The van der Waals surface area contributed by atoms with Gasteiger partial charge in [-0.2, -0.15) is 0 Å². The number of nitrogens with one attached hydrogen (secondary N) is 1. The van der Waals surface area contributed by atoms with E-state index in [1.54, 1.807) is 50.4 Å². The number of ether oxygens (including phenoxy) is 4. The zero-order valence-electron chi connectivity index (χ0n) is 19.8. The van der Waals surface area contributed by atoms with Crippen LogP contribution < -0.4 is 19.5 Å². The molecule has 3 aromatic rings. The Morgan fingerprint density at radius 1 is 1.03 bits per heavy atom. The number of aryl methyl sites for hydroxylation is 2. The summed E-state index contributed by atoms with van der Waals surface area (Å²) in [4.78, 5) is 25.3. The third-order valence-electron chi connectivity index (χ3n) is 5.23. The second-order valence-electron chi connectivity index (χ2n) is 7.54. The van der Waals surface area contributed by atoms with E-state index in [1.807, 2.05) is 13.0 Å². The molecule has 34 heavy (non-hydrogen) atoms. The first-order valence-electron chi connectivity index (χ1n) is 10.7. The van der Waals surface area contributed by atoms with Crippen LogP contribution in [0.1, 0.15) is 39.9 Å². The van der Waals surface area contributed by atoms with Gasteiger partial charge in [0.25, 0.3) is 5.91 Å². The van der Waals surface area contributed by atoms with Gasteiger partial charge >= 0.3 is 5.97 Å². The molecular formula is C25H28N2O7. The molecule has 1 atom stereocenters. The van der Waals surface area contributed by atoms with E-state index in [0.717, 1.165) is 16.8 Å². The smallest absolute Gasteiger partial charge is 0.342 e. The van der Waals surface area contributed by atoms with Crippen LogP contribution in [0.3, 0.4) is 0 Å². The molecule has 3 rings (SSSR count). The molecule has 0 radical (unpaired) electrons. The highest BCUT2D eigenvalue weighted by Crippen LogP contribution is 2.27. The van der Waals surface area contributed by atoms with Gasteiger partial charge in [0.15, 0.2) is 17.6 Å². The van der Waals surface area contributed by atoms with Crippen molar-refractivity contribution in [1.29, 1.82) is 0 Å². The van der Waals surface area contributed by atoms with Crippen LogP contribution in [0, 0.1) is 13.8 Å². The third-order valence-corrected chi connectivity index (χ3v) is 5.23. The Bertz CT molecular complexity index is 1140. The van der Waals surface area contributed by atoms with Crippen LogP contribution in [-0.4, -0.2) is 37.4 Å². The minimum absolute atomic E-state index is 0.187. The van der Waals surface area contributed by atoms with Gasteiger partial charge in [0.05, 0.1) is 25.5 Å². The number of amides is 1. The number of para-hydroxylation sites is 1. The van der Waals surface area contributed by atoms with Gasteiger partial charge in [0.1, 0.15) is 23.7 Å². The van der Waals surface area contributed by atoms with Crippen LogP contribution in [0.4, 0.5) is 0 Å². The normalized spacial score (nSPS) is 11.4. The topological polar surface area (TPSA) is 109 Å². The maximum absolute atomic E-state index is 12.8. The van der Waals surface area contributed by atoms with E-state index in [9.17, 15) is 9.59 Å². The number of aromatic nitrogens is 1. The minimum atomic E-state index is -1.01. The largest absolute Gasteiger partial charge is 0.493 e. The summed E-state index contributed by atoms with van der Waals surface area (Å²) in [7, 11) is 3.09. The summed E-state index contributed by atoms with van der Waals surface area (Å²) in [6.45, 7) is 5.54. The highest BCUT2D eigenvalue weighted by molar-refractivity contribution is 5.94. The number of hydrogen-bond acceptors (Lipinski definition) is 8. The SMILES string of the molecule is COc1ccc(CNC(=O)C(C)OC(=O)c2ccccc2OCc2c(C)noc2C)cc1OC. The van der Waals surface area contributed by atoms with Crippen LogP contribution in [-0.2, 0) is 22.7 Å². The molecule has 9 heteroatoms. The molecule has 0 aliphatic carbocycles. The summed E-state index contributed by atoms with van der Waals surface area (Å²) in [5.41, 5.74) is 2.56. The second kappa shape index (κ2) is 11.2. The molecule has 0 bridgehead atoms. The van der Waals surface area contributed by atoms with Crippen molar-refractivity contribution in [2.75, 3.05) is 14.2 Å². The first kappa shape index (κ1) is 24.6. The standard InChI is InChI=1S/C25H28N2O7/c1-15-20(16(2)34-27-15)14-32-21-9-7-6-8-19(21)25(29)33-17(3)24(28)26-13-18-10-11-22(30-4)23(12-18)31-5/h6-12,17H,13-14H2,1-5H3,(H,26,28). The monoisotopic (exact) mass is 468 g/mol. The van der Waals surface area contributed by atoms with Gasteiger partial charge in [-0.25, -0.2) is 4.79 Å². The summed E-state index contributed by atoms with van der Waals surface area (Å²) < 4.78 is 26.8. The maximum atomic E-state index is 12.8. The van der Waals surface area contributed by atoms with E-state index in [-0.39, 0.29) is 18.7 Å². The zero-order valence-corrected chi connectivity index (χ0v) is 19.8. The maximum Gasteiger partial charge on any atom is 0.342 e. The van der Waals surface area contributed by atoms with Crippen molar-refractivity contribution in [2.24, 2.45) is 0 Å². The highest BCUT2D eigenvalue weighted by atomic mass is 16.6. The minimum Gasteiger partial charge on any atom is -0.493 e. The van der Waals surface area contributed by atoms with Gasteiger partial charge in [0, 0.05) is 6.54 Å². The summed E-state index contributed by atoms with van der Waals surface area (Å²) in [5.74, 6) is 1.04. The number of methoxy groups -OCH3 is 2. The van der Waals surface area contributed by atoms with E-state index in [1.165, 1.54) is 14.0 Å². The van der Waals surface area contributed by atoms with Gasteiger partial charge in [-0.1, -0.05) is 23.4 Å². The van der Waals surface area contributed by atoms with Gasteiger partial charge in [-0.05, 0) is 50.6 Å². The molecule has 0 aliphatic rings. The summed E-state index contributed by atoms with van der Waals surface area (Å²) in [6, 6.07) is 12.0. The van der Waals surface area contributed by atoms with E-state index in [2.05, 4.69) is 10.5 Å². The van der Waals surface area contributed by atoms with Crippen molar-refractivity contribution in [3.05, 3.63) is 70.6 Å². The number of rotatable bonds is 10. The molecule has 2 aromatic carbocycles. The van der Waals surface area contributed by atoms with E-state index in [4.69, 9.17) is 23.5 Å². The lowest BCUT2D eigenvalue weighted by Gasteiger charge is -2.16. The highest BCUT2D eigenvalue weighted by Gasteiger charge is 2.22. The zero-order chi connectivity index (χ0) is 24.7. The Hall–Kier alpha value is -4.01. The number of benzene rings is 2.